The van der Waals surface area contributed by atoms with Crippen LogP contribution < -0.4 is 4.72 Å². The molecule has 1 aromatic heterocycles. The lowest BCUT2D eigenvalue weighted by Gasteiger charge is -2.06. The van der Waals surface area contributed by atoms with Gasteiger partial charge in [-0.3, -0.25) is 9.52 Å². The lowest BCUT2D eigenvalue weighted by Crippen LogP contribution is -2.12. The average molecular weight is 354 g/mol. The van der Waals surface area contributed by atoms with Crippen molar-refractivity contribution in [1.29, 1.82) is 0 Å². The van der Waals surface area contributed by atoms with Gasteiger partial charge in [0.15, 0.2) is 5.13 Å². The van der Waals surface area contributed by atoms with E-state index in [0.29, 0.717) is 11.3 Å². The summed E-state index contributed by atoms with van der Waals surface area (Å²) in [4.78, 5) is 25.5. The molecule has 2 aromatic rings. The summed E-state index contributed by atoms with van der Waals surface area (Å²) < 4.78 is 26.7. The van der Waals surface area contributed by atoms with Crippen LogP contribution in [0.4, 0.5) is 5.13 Å². The van der Waals surface area contributed by atoms with Gasteiger partial charge in [-0.15, -0.1) is 0 Å². The highest BCUT2D eigenvalue weighted by Gasteiger charge is 2.21. The van der Waals surface area contributed by atoms with E-state index in [9.17, 15) is 18.0 Å². The van der Waals surface area contributed by atoms with Crippen molar-refractivity contribution in [3.63, 3.8) is 0 Å². The maximum absolute atomic E-state index is 12.2. The number of aryl methyl sites for hydroxylation is 1. The zero-order chi connectivity index (χ0) is 17.0. The van der Waals surface area contributed by atoms with Crippen molar-refractivity contribution in [3.05, 3.63) is 40.9 Å². The van der Waals surface area contributed by atoms with Crippen LogP contribution in [0.1, 0.15) is 28.6 Å². The number of anilines is 1. The van der Waals surface area contributed by atoms with Gasteiger partial charge in [-0.2, -0.15) is 0 Å². The number of nitrogens with zero attached hydrogens (tertiary/aromatic N) is 1. The SMILES string of the molecule is CCCc1ccc(S(=O)(=O)Nc2ncc(C(=O)C(=O)O)s2)cc1. The standard InChI is InChI=1S/C14H14N2O5S2/c1-2-3-9-4-6-10(7-5-9)23(20,21)16-14-15-8-11(22-14)12(17)13(18)19/h4-8H,2-3H2,1H3,(H,15,16)(H,18,19). The molecule has 0 saturated carbocycles. The smallest absolute Gasteiger partial charge is 0.378 e. The Bertz CT molecular complexity index is 825. The summed E-state index contributed by atoms with van der Waals surface area (Å²) in [5.74, 6) is -2.74. The van der Waals surface area contributed by atoms with Gasteiger partial charge < -0.3 is 5.11 Å². The van der Waals surface area contributed by atoms with Crippen LogP contribution in [0.5, 0.6) is 0 Å². The molecule has 0 fully saturated rings. The Hall–Kier alpha value is -2.26. The molecule has 23 heavy (non-hydrogen) atoms. The Labute approximate surface area is 137 Å². The van der Waals surface area contributed by atoms with E-state index in [1.165, 1.54) is 12.1 Å². The molecule has 0 bridgehead atoms. The van der Waals surface area contributed by atoms with Crippen LogP contribution in [-0.4, -0.2) is 30.3 Å². The van der Waals surface area contributed by atoms with Crippen LogP contribution in [0.3, 0.4) is 0 Å². The first-order valence-corrected chi connectivity index (χ1v) is 8.98. The van der Waals surface area contributed by atoms with E-state index < -0.39 is 21.8 Å². The fraction of sp³-hybridized carbons (Fsp3) is 0.214. The molecule has 0 amide bonds. The second-order valence-corrected chi connectivity index (χ2v) is 7.38. The van der Waals surface area contributed by atoms with E-state index in [2.05, 4.69) is 9.71 Å². The van der Waals surface area contributed by atoms with E-state index in [0.717, 1.165) is 24.6 Å². The molecule has 0 unspecified atom stereocenters. The van der Waals surface area contributed by atoms with Crippen LogP contribution in [0.15, 0.2) is 35.4 Å². The average Bonchev–Trinajstić information content (AvgIpc) is 2.95. The number of hydrogen-bond acceptors (Lipinski definition) is 6. The van der Waals surface area contributed by atoms with E-state index in [1.807, 2.05) is 6.92 Å². The van der Waals surface area contributed by atoms with Gasteiger partial charge in [0.25, 0.3) is 15.8 Å². The van der Waals surface area contributed by atoms with Gasteiger partial charge >= 0.3 is 5.97 Å². The Morgan fingerprint density at radius 2 is 1.91 bits per heavy atom. The van der Waals surface area contributed by atoms with Crippen molar-refractivity contribution < 1.29 is 23.1 Å². The van der Waals surface area contributed by atoms with Crippen molar-refractivity contribution >= 4 is 38.2 Å². The number of sulfonamides is 1. The number of ketones is 1. The first-order valence-electron chi connectivity index (χ1n) is 6.68. The molecule has 0 atom stereocenters. The number of nitrogens with one attached hydrogen (secondary N) is 1. The number of aromatic nitrogens is 1. The molecule has 122 valence electrons. The van der Waals surface area contributed by atoms with Gasteiger partial charge in [-0.25, -0.2) is 18.2 Å². The highest BCUT2D eigenvalue weighted by atomic mass is 32.2. The maximum atomic E-state index is 12.2. The summed E-state index contributed by atoms with van der Waals surface area (Å²) in [6.45, 7) is 2.03. The quantitative estimate of drug-likeness (QED) is 0.582. The van der Waals surface area contributed by atoms with Crippen molar-refractivity contribution in [2.45, 2.75) is 24.7 Å². The van der Waals surface area contributed by atoms with E-state index in [-0.39, 0.29) is 14.9 Å². The lowest BCUT2D eigenvalue weighted by atomic mass is 10.1. The molecule has 0 radical (unpaired) electrons. The molecule has 0 aliphatic rings. The van der Waals surface area contributed by atoms with E-state index in [1.54, 1.807) is 12.1 Å². The zero-order valence-electron chi connectivity index (χ0n) is 12.1. The monoisotopic (exact) mass is 354 g/mol. The van der Waals surface area contributed by atoms with Gasteiger partial charge in [0.05, 0.1) is 11.1 Å². The zero-order valence-corrected chi connectivity index (χ0v) is 13.8. The number of Topliss-reactive ketones (excluding diaryl/α,β-unsaturated/α-hetero) is 1. The summed E-state index contributed by atoms with van der Waals surface area (Å²) in [5, 5.41) is 8.55. The molecule has 1 heterocycles. The topological polar surface area (TPSA) is 113 Å². The molecule has 9 heteroatoms. The molecule has 0 aliphatic carbocycles. The number of carboxylic acid groups (broad SMARTS) is 1. The molecule has 2 rings (SSSR count). The van der Waals surface area contributed by atoms with Crippen LogP contribution in [-0.2, 0) is 21.2 Å². The summed E-state index contributed by atoms with van der Waals surface area (Å²) in [7, 11) is -3.84. The number of benzene rings is 1. The number of carbonyl (C=O) groups excluding carboxylic acids is 1. The second-order valence-electron chi connectivity index (χ2n) is 4.66. The normalized spacial score (nSPS) is 11.2. The van der Waals surface area contributed by atoms with Gasteiger partial charge in [-0.05, 0) is 24.1 Å². The Morgan fingerprint density at radius 3 is 2.48 bits per heavy atom. The summed E-state index contributed by atoms with van der Waals surface area (Å²) in [6.07, 6.45) is 2.86. The summed E-state index contributed by atoms with van der Waals surface area (Å²) >= 11 is 0.670. The highest BCUT2D eigenvalue weighted by molar-refractivity contribution is 7.93. The Kier molecular flexibility index (Phi) is 5.12. The minimum absolute atomic E-state index is 0.0627. The first kappa shape index (κ1) is 17.1. The van der Waals surface area contributed by atoms with E-state index >= 15 is 0 Å². The van der Waals surface area contributed by atoms with Crippen molar-refractivity contribution in [2.75, 3.05) is 4.72 Å². The largest absolute Gasteiger partial charge is 0.475 e. The number of aliphatic carboxylic acids is 1. The van der Waals surface area contributed by atoms with Crippen molar-refractivity contribution in [2.24, 2.45) is 0 Å². The van der Waals surface area contributed by atoms with Crippen LogP contribution in [0.2, 0.25) is 0 Å². The molecular formula is C14H14N2O5S2. The number of thiazole rings is 1. The van der Waals surface area contributed by atoms with Crippen LogP contribution >= 0.6 is 11.3 Å². The van der Waals surface area contributed by atoms with Gasteiger partial charge in [0, 0.05) is 0 Å². The summed E-state index contributed by atoms with van der Waals surface area (Å²) in [5.41, 5.74) is 1.04. The number of rotatable bonds is 7. The Balaban J connectivity index is 2.18. The predicted octanol–water partition coefficient (Wildman–Crippen LogP) is 2.16. The molecule has 0 spiro atoms. The van der Waals surface area contributed by atoms with Crippen molar-refractivity contribution in [1.82, 2.24) is 4.98 Å². The third-order valence-corrected chi connectivity index (χ3v) is 5.31. The molecular weight excluding hydrogens is 340 g/mol. The lowest BCUT2D eigenvalue weighted by molar-refractivity contribution is -0.131. The van der Waals surface area contributed by atoms with Gasteiger partial charge in [0.2, 0.25) is 0 Å². The third kappa shape index (κ3) is 4.14. The fourth-order valence-electron chi connectivity index (χ4n) is 1.83. The third-order valence-electron chi connectivity index (χ3n) is 2.92. The minimum atomic E-state index is -3.84. The van der Waals surface area contributed by atoms with E-state index in [4.69, 9.17) is 5.11 Å². The molecule has 2 N–H and O–H groups in total. The first-order chi connectivity index (χ1) is 10.8. The molecule has 7 nitrogen and oxygen atoms in total. The highest BCUT2D eigenvalue weighted by Crippen LogP contribution is 2.22. The van der Waals surface area contributed by atoms with Gasteiger partial charge in [-0.1, -0.05) is 36.8 Å². The Morgan fingerprint density at radius 1 is 1.26 bits per heavy atom. The van der Waals surface area contributed by atoms with Gasteiger partial charge in [0.1, 0.15) is 4.88 Å². The van der Waals surface area contributed by atoms with Crippen LogP contribution in [0.25, 0.3) is 0 Å². The fourth-order valence-corrected chi connectivity index (χ4v) is 3.82. The number of carbonyl (C=O) groups is 2. The number of carboxylic acids is 1. The minimum Gasteiger partial charge on any atom is -0.475 e. The van der Waals surface area contributed by atoms with Crippen molar-refractivity contribution in [3.8, 4) is 0 Å². The molecule has 1 aromatic carbocycles. The molecule has 0 saturated heterocycles. The second kappa shape index (κ2) is 6.88. The van der Waals surface area contributed by atoms with Crippen LogP contribution in [0, 0.1) is 0 Å². The number of hydrogen-bond donors (Lipinski definition) is 2. The maximum Gasteiger partial charge on any atom is 0.378 e. The molecule has 0 aliphatic heterocycles. The summed E-state index contributed by atoms with van der Waals surface area (Å²) in [6, 6.07) is 6.45. The predicted molar refractivity (Wildman–Crippen MR) is 85.3 cm³/mol.